The number of nitrogens with zero attached hydrogens (tertiary/aromatic N) is 1. The van der Waals surface area contributed by atoms with Gasteiger partial charge in [-0.15, -0.1) is 0 Å². The highest BCUT2D eigenvalue weighted by molar-refractivity contribution is 5.76. The molecule has 3 rings (SSSR count). The molecule has 1 aromatic rings. The lowest BCUT2D eigenvalue weighted by Crippen LogP contribution is -2.46. The van der Waals surface area contributed by atoms with Gasteiger partial charge in [-0.2, -0.15) is 0 Å². The molecule has 1 saturated heterocycles. The summed E-state index contributed by atoms with van der Waals surface area (Å²) in [5.74, 6) is 1.40. The summed E-state index contributed by atoms with van der Waals surface area (Å²) in [6, 6.07) is 5.22. The average molecular weight is 437 g/mol. The molecule has 176 valence electrons. The Morgan fingerprint density at radius 3 is 2.45 bits per heavy atom. The fourth-order valence-electron chi connectivity index (χ4n) is 4.11. The molecule has 0 saturated carbocycles. The number of nitrogens with one attached hydrogen (secondary N) is 1. The highest BCUT2D eigenvalue weighted by Crippen LogP contribution is 2.33. The fraction of sp³-hybridized carbons (Fsp3) is 0.708. The lowest BCUT2D eigenvalue weighted by atomic mass is 10.0. The number of carbonyl (C=O) groups is 1. The van der Waals surface area contributed by atoms with Gasteiger partial charge < -0.3 is 29.9 Å². The maximum absolute atomic E-state index is 12.5. The first-order valence-corrected chi connectivity index (χ1v) is 11.7. The van der Waals surface area contributed by atoms with Crippen molar-refractivity contribution in [2.75, 3.05) is 40.0 Å². The first-order chi connectivity index (χ1) is 15.2. The van der Waals surface area contributed by atoms with Crippen molar-refractivity contribution in [2.45, 2.75) is 70.4 Å². The molecular weight excluding hydrogens is 396 g/mol. The third-order valence-corrected chi connectivity index (χ3v) is 5.80. The Balaban J connectivity index is 0.00000166. The molecule has 0 radical (unpaired) electrons. The minimum absolute atomic E-state index is 0.0299. The number of hydrogen-bond acceptors (Lipinski definition) is 6. The van der Waals surface area contributed by atoms with Gasteiger partial charge in [-0.1, -0.05) is 38.7 Å². The molecule has 1 aromatic carbocycles. The molecule has 7 nitrogen and oxygen atoms in total. The van der Waals surface area contributed by atoms with Crippen molar-refractivity contribution in [3.05, 3.63) is 23.8 Å². The third-order valence-electron chi connectivity index (χ3n) is 5.80. The molecule has 0 aliphatic carbocycles. The van der Waals surface area contributed by atoms with Gasteiger partial charge in [-0.3, -0.25) is 4.79 Å². The molecule has 1 amide bonds. The second-order valence-corrected chi connectivity index (χ2v) is 8.19. The van der Waals surface area contributed by atoms with Crippen molar-refractivity contribution in [3.8, 4) is 11.5 Å². The first kappa shape index (κ1) is 25.4. The molecule has 31 heavy (non-hydrogen) atoms. The van der Waals surface area contributed by atoms with Crippen LogP contribution in [0.2, 0.25) is 0 Å². The van der Waals surface area contributed by atoms with Gasteiger partial charge in [0.05, 0.1) is 6.04 Å². The van der Waals surface area contributed by atoms with Crippen LogP contribution in [-0.2, 0) is 4.79 Å². The van der Waals surface area contributed by atoms with Crippen molar-refractivity contribution in [1.82, 2.24) is 10.2 Å². The third kappa shape index (κ3) is 8.31. The number of likely N-dealkylation sites (tertiary alicyclic amines) is 1. The van der Waals surface area contributed by atoms with Crippen LogP contribution in [0.4, 0.5) is 0 Å². The van der Waals surface area contributed by atoms with Crippen LogP contribution in [-0.4, -0.2) is 67.0 Å². The van der Waals surface area contributed by atoms with E-state index >= 15 is 0 Å². The van der Waals surface area contributed by atoms with Crippen LogP contribution in [0.5, 0.6) is 11.5 Å². The molecule has 1 fully saturated rings. The SMILES string of the molecule is CCCCCCCC(=O)NC(CN1CCCC1)C(O)c1ccc2c(c1)OCCO2.CO. The molecule has 0 spiro atoms. The number of hydrogen-bond donors (Lipinski definition) is 3. The molecule has 2 aliphatic heterocycles. The van der Waals surface area contributed by atoms with E-state index in [1.165, 1.54) is 32.1 Å². The predicted octanol–water partition coefficient (Wildman–Crippen LogP) is 3.04. The summed E-state index contributed by atoms with van der Waals surface area (Å²) in [4.78, 5) is 14.9. The molecule has 2 heterocycles. The summed E-state index contributed by atoms with van der Waals surface area (Å²) >= 11 is 0. The van der Waals surface area contributed by atoms with E-state index in [1.807, 2.05) is 18.2 Å². The van der Waals surface area contributed by atoms with Gasteiger partial charge in [0, 0.05) is 20.1 Å². The summed E-state index contributed by atoms with van der Waals surface area (Å²) in [6.07, 6.45) is 7.69. The van der Waals surface area contributed by atoms with Crippen LogP contribution in [0.25, 0.3) is 0 Å². The highest BCUT2D eigenvalue weighted by Gasteiger charge is 2.27. The number of amides is 1. The lowest BCUT2D eigenvalue weighted by Gasteiger charge is -2.29. The van der Waals surface area contributed by atoms with E-state index in [2.05, 4.69) is 17.1 Å². The molecule has 0 bridgehead atoms. The minimum atomic E-state index is -0.782. The second kappa shape index (κ2) is 14.3. The van der Waals surface area contributed by atoms with Gasteiger partial charge >= 0.3 is 0 Å². The van der Waals surface area contributed by atoms with Gasteiger partial charge in [-0.25, -0.2) is 0 Å². The van der Waals surface area contributed by atoms with Gasteiger partial charge in [0.2, 0.25) is 5.91 Å². The van der Waals surface area contributed by atoms with E-state index < -0.39 is 6.10 Å². The Kier molecular flexibility index (Phi) is 11.7. The first-order valence-electron chi connectivity index (χ1n) is 11.7. The average Bonchev–Trinajstić information content (AvgIpc) is 3.32. The van der Waals surface area contributed by atoms with E-state index in [9.17, 15) is 9.90 Å². The highest BCUT2D eigenvalue weighted by atomic mass is 16.6. The topological polar surface area (TPSA) is 91.3 Å². The Morgan fingerprint density at radius 1 is 1.06 bits per heavy atom. The summed E-state index contributed by atoms with van der Waals surface area (Å²) < 4.78 is 11.2. The van der Waals surface area contributed by atoms with Crippen LogP contribution < -0.4 is 14.8 Å². The largest absolute Gasteiger partial charge is 0.486 e. The number of ether oxygens (including phenoxy) is 2. The number of fused-ring (bicyclic) bond motifs is 1. The molecular formula is C24H40N2O5. The Bertz CT molecular complexity index is 649. The second-order valence-electron chi connectivity index (χ2n) is 8.19. The van der Waals surface area contributed by atoms with Crippen LogP contribution in [0.3, 0.4) is 0 Å². The van der Waals surface area contributed by atoms with Gasteiger partial charge in [-0.05, 0) is 50.0 Å². The predicted molar refractivity (Wildman–Crippen MR) is 122 cm³/mol. The number of aliphatic hydroxyl groups excluding tert-OH is 2. The smallest absolute Gasteiger partial charge is 0.220 e. The Morgan fingerprint density at radius 2 is 1.74 bits per heavy atom. The quantitative estimate of drug-likeness (QED) is 0.462. The molecule has 2 unspecified atom stereocenters. The maximum Gasteiger partial charge on any atom is 0.220 e. The van der Waals surface area contributed by atoms with E-state index in [-0.39, 0.29) is 11.9 Å². The van der Waals surface area contributed by atoms with Crippen LogP contribution >= 0.6 is 0 Å². The molecule has 7 heteroatoms. The van der Waals surface area contributed by atoms with E-state index in [0.29, 0.717) is 37.7 Å². The van der Waals surface area contributed by atoms with Crippen molar-refractivity contribution < 1.29 is 24.5 Å². The summed E-state index contributed by atoms with van der Waals surface area (Å²) in [7, 11) is 1.00. The number of aliphatic hydroxyl groups is 2. The monoisotopic (exact) mass is 436 g/mol. The zero-order chi connectivity index (χ0) is 22.5. The van der Waals surface area contributed by atoms with Gasteiger partial charge in [0.15, 0.2) is 11.5 Å². The summed E-state index contributed by atoms with van der Waals surface area (Å²) in [5.41, 5.74) is 0.752. The van der Waals surface area contributed by atoms with Crippen molar-refractivity contribution in [2.24, 2.45) is 0 Å². The van der Waals surface area contributed by atoms with E-state index in [4.69, 9.17) is 14.6 Å². The summed E-state index contributed by atoms with van der Waals surface area (Å²) in [5, 5.41) is 21.2. The number of rotatable bonds is 11. The number of unbranched alkanes of at least 4 members (excludes halogenated alkanes) is 4. The Hall–Kier alpha value is -1.83. The van der Waals surface area contributed by atoms with Gasteiger partial charge in [0.1, 0.15) is 19.3 Å². The molecule has 2 aliphatic rings. The fourth-order valence-corrected chi connectivity index (χ4v) is 4.11. The lowest BCUT2D eigenvalue weighted by molar-refractivity contribution is -0.123. The van der Waals surface area contributed by atoms with Crippen molar-refractivity contribution in [3.63, 3.8) is 0 Å². The molecule has 0 aromatic heterocycles. The normalized spacial score (nSPS) is 17.4. The van der Waals surface area contributed by atoms with E-state index in [1.54, 1.807) is 0 Å². The van der Waals surface area contributed by atoms with E-state index in [0.717, 1.165) is 38.6 Å². The standard InChI is InChI=1S/C23H36N2O4.CH4O/c1-2-3-4-5-6-9-22(26)24-19(17-25-12-7-8-13-25)23(27)18-10-11-20-21(16-18)29-15-14-28-20;1-2/h10-11,16,19,23,27H,2-9,12-15,17H2,1H3,(H,24,26);2H,1H3. The van der Waals surface area contributed by atoms with Crippen molar-refractivity contribution in [1.29, 1.82) is 0 Å². The van der Waals surface area contributed by atoms with Crippen LogP contribution in [0.1, 0.15) is 70.0 Å². The number of benzene rings is 1. The van der Waals surface area contributed by atoms with Crippen LogP contribution in [0.15, 0.2) is 18.2 Å². The molecule has 3 N–H and O–H groups in total. The van der Waals surface area contributed by atoms with Crippen LogP contribution in [0, 0.1) is 0 Å². The van der Waals surface area contributed by atoms with Gasteiger partial charge in [0.25, 0.3) is 0 Å². The maximum atomic E-state index is 12.5. The minimum Gasteiger partial charge on any atom is -0.486 e. The number of carbonyl (C=O) groups excluding carboxylic acids is 1. The molecule has 2 atom stereocenters. The van der Waals surface area contributed by atoms with Crippen molar-refractivity contribution >= 4 is 5.91 Å². The zero-order valence-electron chi connectivity index (χ0n) is 19.1. The summed E-state index contributed by atoms with van der Waals surface area (Å²) in [6.45, 7) is 5.96. The zero-order valence-corrected chi connectivity index (χ0v) is 19.1. The Labute approximate surface area is 186 Å².